The average Bonchev–Trinajstić information content (AvgIpc) is 3.10. The van der Waals surface area contributed by atoms with Crippen molar-refractivity contribution < 1.29 is 0 Å². The standard InChI is InChI=1S/C17H20N4S/c22-17(19-12-9-10-12)18-11-15-14-7-4-8-16(14)21(20-15)13-5-2-1-3-6-13/h1-3,5-6,12H,4,7-11H2,(H2,18,19,22). The summed E-state index contributed by atoms with van der Waals surface area (Å²) in [5.41, 5.74) is 5.05. The average molecular weight is 312 g/mol. The Morgan fingerprint density at radius 1 is 1.23 bits per heavy atom. The smallest absolute Gasteiger partial charge is 0.166 e. The van der Waals surface area contributed by atoms with Crippen molar-refractivity contribution in [2.24, 2.45) is 0 Å². The molecular weight excluding hydrogens is 292 g/mol. The molecule has 1 aromatic carbocycles. The Balaban J connectivity index is 1.54. The third-order valence-corrected chi connectivity index (χ3v) is 4.61. The van der Waals surface area contributed by atoms with Crippen LogP contribution in [-0.2, 0) is 19.4 Å². The van der Waals surface area contributed by atoms with Crippen molar-refractivity contribution in [3.05, 3.63) is 47.3 Å². The molecular formula is C17H20N4S. The molecule has 0 radical (unpaired) electrons. The van der Waals surface area contributed by atoms with Gasteiger partial charge in [0.2, 0.25) is 0 Å². The maximum Gasteiger partial charge on any atom is 0.166 e. The quantitative estimate of drug-likeness (QED) is 0.851. The number of aromatic nitrogens is 2. The SMILES string of the molecule is S=C(NCc1nn(-c2ccccc2)c2c1CCC2)NC1CC1. The fraction of sp³-hybridized carbons (Fsp3) is 0.412. The zero-order valence-corrected chi connectivity index (χ0v) is 13.3. The van der Waals surface area contributed by atoms with E-state index in [2.05, 4.69) is 39.6 Å². The van der Waals surface area contributed by atoms with Gasteiger partial charge in [0, 0.05) is 11.7 Å². The fourth-order valence-corrected chi connectivity index (χ4v) is 3.31. The van der Waals surface area contributed by atoms with Crippen LogP contribution < -0.4 is 10.6 Å². The number of hydrogen-bond acceptors (Lipinski definition) is 2. The summed E-state index contributed by atoms with van der Waals surface area (Å²) in [5, 5.41) is 12.2. The van der Waals surface area contributed by atoms with E-state index in [4.69, 9.17) is 17.3 Å². The van der Waals surface area contributed by atoms with Gasteiger partial charge in [-0.25, -0.2) is 4.68 Å². The van der Waals surface area contributed by atoms with Gasteiger partial charge in [-0.2, -0.15) is 5.10 Å². The van der Waals surface area contributed by atoms with Crippen molar-refractivity contribution in [1.29, 1.82) is 0 Å². The normalized spacial score (nSPS) is 16.4. The van der Waals surface area contributed by atoms with Crippen molar-refractivity contribution in [2.45, 2.75) is 44.7 Å². The van der Waals surface area contributed by atoms with Crippen LogP contribution in [0.1, 0.15) is 36.2 Å². The first-order valence-corrected chi connectivity index (χ1v) is 8.41. The van der Waals surface area contributed by atoms with E-state index in [0.717, 1.165) is 29.3 Å². The van der Waals surface area contributed by atoms with Crippen LogP contribution in [0.3, 0.4) is 0 Å². The van der Waals surface area contributed by atoms with Crippen molar-refractivity contribution in [1.82, 2.24) is 20.4 Å². The van der Waals surface area contributed by atoms with Crippen LogP contribution in [0.4, 0.5) is 0 Å². The van der Waals surface area contributed by atoms with E-state index >= 15 is 0 Å². The summed E-state index contributed by atoms with van der Waals surface area (Å²) in [7, 11) is 0. The Kier molecular flexibility index (Phi) is 3.58. The molecule has 1 aromatic heterocycles. The molecule has 1 fully saturated rings. The van der Waals surface area contributed by atoms with E-state index in [9.17, 15) is 0 Å². The van der Waals surface area contributed by atoms with Crippen LogP contribution in [0.5, 0.6) is 0 Å². The molecule has 2 N–H and O–H groups in total. The molecule has 2 aliphatic rings. The number of benzene rings is 1. The summed E-state index contributed by atoms with van der Waals surface area (Å²) in [6, 6.07) is 11.0. The first-order chi connectivity index (χ1) is 10.8. The number of rotatable bonds is 4. The molecule has 114 valence electrons. The zero-order chi connectivity index (χ0) is 14.9. The minimum atomic E-state index is 0.590. The minimum absolute atomic E-state index is 0.590. The molecule has 2 aromatic rings. The zero-order valence-electron chi connectivity index (χ0n) is 12.5. The summed E-state index contributed by atoms with van der Waals surface area (Å²) < 4.78 is 2.11. The van der Waals surface area contributed by atoms with Gasteiger partial charge in [-0.15, -0.1) is 0 Å². The molecule has 5 heteroatoms. The summed E-state index contributed by atoms with van der Waals surface area (Å²) in [4.78, 5) is 0. The lowest BCUT2D eigenvalue weighted by molar-refractivity contribution is 0.737. The van der Waals surface area contributed by atoms with E-state index in [1.807, 2.05) is 6.07 Å². The van der Waals surface area contributed by atoms with Crippen LogP contribution in [0.2, 0.25) is 0 Å². The van der Waals surface area contributed by atoms with Gasteiger partial charge in [-0.05, 0) is 62.0 Å². The topological polar surface area (TPSA) is 41.9 Å². The van der Waals surface area contributed by atoms with Gasteiger partial charge in [0.05, 0.1) is 17.9 Å². The molecule has 1 heterocycles. The predicted octanol–water partition coefficient (Wildman–Crippen LogP) is 2.49. The highest BCUT2D eigenvalue weighted by molar-refractivity contribution is 7.80. The van der Waals surface area contributed by atoms with Crippen molar-refractivity contribution in [3.63, 3.8) is 0 Å². The van der Waals surface area contributed by atoms with Gasteiger partial charge in [0.25, 0.3) is 0 Å². The van der Waals surface area contributed by atoms with E-state index in [-0.39, 0.29) is 0 Å². The molecule has 0 bridgehead atoms. The molecule has 2 aliphatic carbocycles. The van der Waals surface area contributed by atoms with E-state index in [0.29, 0.717) is 12.6 Å². The number of thiocarbonyl (C=S) groups is 1. The van der Waals surface area contributed by atoms with Crippen LogP contribution in [0.15, 0.2) is 30.3 Å². The molecule has 4 rings (SSSR count). The number of nitrogens with one attached hydrogen (secondary N) is 2. The van der Waals surface area contributed by atoms with Gasteiger partial charge >= 0.3 is 0 Å². The maximum atomic E-state index is 5.34. The van der Waals surface area contributed by atoms with Gasteiger partial charge in [-0.1, -0.05) is 18.2 Å². The molecule has 1 saturated carbocycles. The Hall–Kier alpha value is -1.88. The lowest BCUT2D eigenvalue weighted by atomic mass is 10.2. The van der Waals surface area contributed by atoms with Gasteiger partial charge in [-0.3, -0.25) is 0 Å². The van der Waals surface area contributed by atoms with Crippen molar-refractivity contribution in [2.75, 3.05) is 0 Å². The maximum absolute atomic E-state index is 5.34. The van der Waals surface area contributed by atoms with E-state index in [1.54, 1.807) is 0 Å². The third-order valence-electron chi connectivity index (χ3n) is 4.34. The lowest BCUT2D eigenvalue weighted by Gasteiger charge is -2.08. The summed E-state index contributed by atoms with van der Waals surface area (Å²) in [6.45, 7) is 0.709. The van der Waals surface area contributed by atoms with Gasteiger partial charge in [0.1, 0.15) is 0 Å². The fourth-order valence-electron chi connectivity index (χ4n) is 3.07. The molecule has 0 spiro atoms. The van der Waals surface area contributed by atoms with Gasteiger partial charge < -0.3 is 10.6 Å². The minimum Gasteiger partial charge on any atom is -0.360 e. The van der Waals surface area contributed by atoms with Crippen LogP contribution in [-0.4, -0.2) is 20.9 Å². The Morgan fingerprint density at radius 2 is 2.05 bits per heavy atom. The Bertz CT molecular complexity index is 688. The number of fused-ring (bicyclic) bond motifs is 1. The second-order valence-electron chi connectivity index (χ2n) is 6.07. The molecule has 0 unspecified atom stereocenters. The predicted molar refractivity (Wildman–Crippen MR) is 91.2 cm³/mol. The molecule has 0 aliphatic heterocycles. The second kappa shape index (κ2) is 5.72. The number of hydrogen-bond donors (Lipinski definition) is 2. The highest BCUT2D eigenvalue weighted by Gasteiger charge is 2.24. The summed E-state index contributed by atoms with van der Waals surface area (Å²) >= 11 is 5.34. The van der Waals surface area contributed by atoms with E-state index < -0.39 is 0 Å². The summed E-state index contributed by atoms with van der Waals surface area (Å²) in [6.07, 6.45) is 5.93. The lowest BCUT2D eigenvalue weighted by Crippen LogP contribution is -2.36. The van der Waals surface area contributed by atoms with Crippen molar-refractivity contribution >= 4 is 17.3 Å². The molecule has 22 heavy (non-hydrogen) atoms. The molecule has 0 atom stereocenters. The summed E-state index contributed by atoms with van der Waals surface area (Å²) in [5.74, 6) is 0. The van der Waals surface area contributed by atoms with Gasteiger partial charge in [0.15, 0.2) is 5.11 Å². The number of nitrogens with zero attached hydrogens (tertiary/aromatic N) is 2. The molecule has 0 amide bonds. The first-order valence-electron chi connectivity index (χ1n) is 8.01. The largest absolute Gasteiger partial charge is 0.360 e. The number of para-hydroxylation sites is 1. The van der Waals surface area contributed by atoms with Crippen LogP contribution in [0, 0.1) is 0 Å². The van der Waals surface area contributed by atoms with Crippen LogP contribution in [0.25, 0.3) is 5.69 Å². The Morgan fingerprint density at radius 3 is 2.82 bits per heavy atom. The molecule has 4 nitrogen and oxygen atoms in total. The second-order valence-corrected chi connectivity index (χ2v) is 6.48. The van der Waals surface area contributed by atoms with Crippen LogP contribution >= 0.6 is 12.2 Å². The monoisotopic (exact) mass is 312 g/mol. The first kappa shape index (κ1) is 13.8. The van der Waals surface area contributed by atoms with E-state index in [1.165, 1.54) is 30.5 Å². The highest BCUT2D eigenvalue weighted by Crippen LogP contribution is 2.27. The Labute approximate surface area is 135 Å². The molecule has 0 saturated heterocycles. The highest BCUT2D eigenvalue weighted by atomic mass is 32.1. The third kappa shape index (κ3) is 2.73. The van der Waals surface area contributed by atoms with Crippen molar-refractivity contribution in [3.8, 4) is 5.69 Å².